The van der Waals surface area contributed by atoms with E-state index in [9.17, 15) is 19.6 Å². The number of hydrogen-bond acceptors (Lipinski definition) is 5. The van der Waals surface area contributed by atoms with E-state index < -0.39 is 29.9 Å². The zero-order chi connectivity index (χ0) is 23.0. The first-order chi connectivity index (χ1) is 15.2. The van der Waals surface area contributed by atoms with Gasteiger partial charge in [0.1, 0.15) is 23.2 Å². The highest BCUT2D eigenvalue weighted by Crippen LogP contribution is 2.37. The van der Waals surface area contributed by atoms with Crippen LogP contribution in [0.1, 0.15) is 47.8 Å². The lowest BCUT2D eigenvalue weighted by molar-refractivity contribution is -0.133. The van der Waals surface area contributed by atoms with Gasteiger partial charge in [-0.05, 0) is 55.9 Å². The third kappa shape index (κ3) is 3.96. The van der Waals surface area contributed by atoms with Crippen LogP contribution in [0.25, 0.3) is 0 Å². The van der Waals surface area contributed by atoms with Crippen molar-refractivity contribution in [3.63, 3.8) is 0 Å². The molecule has 32 heavy (non-hydrogen) atoms. The molecule has 10 heteroatoms. The molecule has 4 rings (SSSR count). The number of hydrogen-bond donors (Lipinski definition) is 2. The van der Waals surface area contributed by atoms with Crippen LogP contribution in [0.2, 0.25) is 10.0 Å². The van der Waals surface area contributed by atoms with Crippen LogP contribution in [0.15, 0.2) is 18.2 Å². The van der Waals surface area contributed by atoms with Gasteiger partial charge >= 0.3 is 6.03 Å². The molecular formula is C22H20Cl2N4O3S. The van der Waals surface area contributed by atoms with Gasteiger partial charge in [0.05, 0.1) is 15.6 Å². The molecule has 4 amide bonds. The summed E-state index contributed by atoms with van der Waals surface area (Å²) in [5.74, 6) is -1.11. The lowest BCUT2D eigenvalue weighted by atomic mass is 9.92. The summed E-state index contributed by atoms with van der Waals surface area (Å²) in [5, 5.41) is 16.1. The standard InChI is InChI=1S/C22H20Cl2N4O3S/c1-22(12-7-8-15(23)16(24)9-12)20(30)28(21(31)27-22)11-18(29)26-19-14(10-25)13-5-3-2-4-6-17(13)32-19/h7-9H,2-6,11H2,1H3,(H,26,29)(H,27,31). The number of benzene rings is 1. The fourth-order valence-electron chi connectivity index (χ4n) is 4.10. The van der Waals surface area contributed by atoms with Gasteiger partial charge in [-0.1, -0.05) is 35.7 Å². The number of urea groups is 1. The van der Waals surface area contributed by atoms with Crippen molar-refractivity contribution in [2.24, 2.45) is 0 Å². The predicted octanol–water partition coefficient (Wildman–Crippen LogP) is 4.60. The van der Waals surface area contributed by atoms with Gasteiger partial charge in [0.15, 0.2) is 0 Å². The Kier molecular flexibility index (Phi) is 6.17. The number of carbonyl (C=O) groups excluding carboxylic acids is 3. The Labute approximate surface area is 199 Å². The quantitative estimate of drug-likeness (QED) is 0.482. The second-order valence-electron chi connectivity index (χ2n) is 8.00. The molecule has 1 fully saturated rings. The molecule has 0 saturated carbocycles. The number of aryl methyl sites for hydroxylation is 1. The fraction of sp³-hybridized carbons (Fsp3) is 0.364. The summed E-state index contributed by atoms with van der Waals surface area (Å²) >= 11 is 13.4. The first-order valence-electron chi connectivity index (χ1n) is 10.2. The molecule has 1 aliphatic carbocycles. The summed E-state index contributed by atoms with van der Waals surface area (Å²) < 4.78 is 0. The van der Waals surface area contributed by atoms with Crippen LogP contribution in [0.4, 0.5) is 9.80 Å². The Balaban J connectivity index is 1.52. The highest BCUT2D eigenvalue weighted by molar-refractivity contribution is 7.16. The summed E-state index contributed by atoms with van der Waals surface area (Å²) in [5.41, 5.74) is 0.580. The smallest absolute Gasteiger partial charge is 0.319 e. The third-order valence-electron chi connectivity index (χ3n) is 5.86. The number of anilines is 1. The molecule has 0 radical (unpaired) electrons. The molecule has 1 aromatic carbocycles. The number of nitrogens with zero attached hydrogens (tertiary/aromatic N) is 2. The van der Waals surface area contributed by atoms with E-state index in [1.807, 2.05) is 0 Å². The minimum absolute atomic E-state index is 0.255. The minimum Gasteiger partial charge on any atom is -0.319 e. The second kappa shape index (κ2) is 8.74. The Morgan fingerprint density at radius 2 is 2.00 bits per heavy atom. The molecule has 1 aliphatic heterocycles. The van der Waals surface area contributed by atoms with E-state index in [2.05, 4.69) is 16.7 Å². The van der Waals surface area contributed by atoms with E-state index in [-0.39, 0.29) is 5.02 Å². The van der Waals surface area contributed by atoms with Crippen molar-refractivity contribution in [2.75, 3.05) is 11.9 Å². The largest absolute Gasteiger partial charge is 0.325 e. The Morgan fingerprint density at radius 1 is 1.25 bits per heavy atom. The number of halogens is 2. The Morgan fingerprint density at radius 3 is 2.72 bits per heavy atom. The summed E-state index contributed by atoms with van der Waals surface area (Å²) in [4.78, 5) is 40.3. The molecule has 0 spiro atoms. The van der Waals surface area contributed by atoms with E-state index in [0.717, 1.165) is 47.4 Å². The molecule has 2 N–H and O–H groups in total. The molecule has 166 valence electrons. The molecule has 1 unspecified atom stereocenters. The topological polar surface area (TPSA) is 102 Å². The summed E-state index contributed by atoms with van der Waals surface area (Å²) in [7, 11) is 0. The Bertz CT molecular complexity index is 1170. The van der Waals surface area contributed by atoms with Gasteiger partial charge in [0.25, 0.3) is 5.91 Å². The number of rotatable bonds is 4. The maximum Gasteiger partial charge on any atom is 0.325 e. The number of thiophene rings is 1. The normalized spacial score (nSPS) is 20.4. The second-order valence-corrected chi connectivity index (χ2v) is 9.92. The van der Waals surface area contributed by atoms with E-state index in [1.54, 1.807) is 19.1 Å². The molecule has 2 aromatic rings. The van der Waals surface area contributed by atoms with Crippen molar-refractivity contribution in [3.8, 4) is 6.07 Å². The zero-order valence-corrected chi connectivity index (χ0v) is 19.6. The average molecular weight is 491 g/mol. The van der Waals surface area contributed by atoms with E-state index in [4.69, 9.17) is 23.2 Å². The van der Waals surface area contributed by atoms with E-state index >= 15 is 0 Å². The molecule has 7 nitrogen and oxygen atoms in total. The molecule has 1 saturated heterocycles. The van der Waals surface area contributed by atoms with Crippen molar-refractivity contribution in [3.05, 3.63) is 49.8 Å². The van der Waals surface area contributed by atoms with Crippen LogP contribution in [0, 0.1) is 11.3 Å². The van der Waals surface area contributed by atoms with Gasteiger partial charge < -0.3 is 10.6 Å². The van der Waals surface area contributed by atoms with E-state index in [0.29, 0.717) is 21.2 Å². The van der Waals surface area contributed by atoms with Gasteiger partial charge in [0, 0.05) is 4.88 Å². The van der Waals surface area contributed by atoms with Crippen LogP contribution in [0.3, 0.4) is 0 Å². The number of imide groups is 1. The maximum absolute atomic E-state index is 13.1. The average Bonchev–Trinajstić information content (AvgIpc) is 3.05. The van der Waals surface area contributed by atoms with Gasteiger partial charge in [-0.25, -0.2) is 4.79 Å². The zero-order valence-electron chi connectivity index (χ0n) is 17.3. The molecule has 1 aromatic heterocycles. The lowest BCUT2D eigenvalue weighted by Gasteiger charge is -2.22. The van der Waals surface area contributed by atoms with Crippen molar-refractivity contribution in [1.82, 2.24) is 10.2 Å². The lowest BCUT2D eigenvalue weighted by Crippen LogP contribution is -2.42. The molecular weight excluding hydrogens is 471 g/mol. The van der Waals surface area contributed by atoms with Gasteiger partial charge in [-0.2, -0.15) is 5.26 Å². The summed E-state index contributed by atoms with van der Waals surface area (Å²) in [6.07, 6.45) is 4.90. The molecule has 2 heterocycles. The first kappa shape index (κ1) is 22.6. The Hall–Kier alpha value is -2.60. The predicted molar refractivity (Wildman–Crippen MR) is 123 cm³/mol. The molecule has 0 bridgehead atoms. The van der Waals surface area contributed by atoms with Crippen LogP contribution in [-0.2, 0) is 28.0 Å². The summed E-state index contributed by atoms with van der Waals surface area (Å²) in [6, 6.07) is 6.19. The summed E-state index contributed by atoms with van der Waals surface area (Å²) in [6.45, 7) is 1.09. The highest BCUT2D eigenvalue weighted by Gasteiger charge is 2.49. The van der Waals surface area contributed by atoms with Gasteiger partial charge in [-0.15, -0.1) is 11.3 Å². The fourth-order valence-corrected chi connectivity index (χ4v) is 5.66. The maximum atomic E-state index is 13.1. The number of fused-ring (bicyclic) bond motifs is 1. The van der Waals surface area contributed by atoms with Crippen molar-refractivity contribution in [2.45, 2.75) is 44.6 Å². The number of nitriles is 1. The van der Waals surface area contributed by atoms with E-state index in [1.165, 1.54) is 17.4 Å². The highest BCUT2D eigenvalue weighted by atomic mass is 35.5. The minimum atomic E-state index is -1.37. The first-order valence-corrected chi connectivity index (χ1v) is 11.8. The van der Waals surface area contributed by atoms with Crippen LogP contribution >= 0.6 is 34.5 Å². The van der Waals surface area contributed by atoms with Gasteiger partial charge in [-0.3, -0.25) is 14.5 Å². The van der Waals surface area contributed by atoms with Crippen LogP contribution < -0.4 is 10.6 Å². The van der Waals surface area contributed by atoms with Crippen LogP contribution in [0.5, 0.6) is 0 Å². The number of nitrogens with one attached hydrogen (secondary N) is 2. The molecule has 2 aliphatic rings. The SMILES string of the molecule is CC1(c2ccc(Cl)c(Cl)c2)NC(=O)N(CC(=O)Nc2sc3c(c2C#N)CCCCC3)C1=O. The van der Waals surface area contributed by atoms with Crippen molar-refractivity contribution >= 4 is 57.4 Å². The number of amides is 4. The van der Waals surface area contributed by atoms with Crippen molar-refractivity contribution in [1.29, 1.82) is 5.26 Å². The third-order valence-corrected chi connectivity index (χ3v) is 7.81. The number of carbonyl (C=O) groups is 3. The van der Waals surface area contributed by atoms with Gasteiger partial charge in [0.2, 0.25) is 5.91 Å². The molecule has 1 atom stereocenters. The monoisotopic (exact) mass is 490 g/mol. The van der Waals surface area contributed by atoms with Crippen molar-refractivity contribution < 1.29 is 14.4 Å². The van der Waals surface area contributed by atoms with Crippen LogP contribution in [-0.4, -0.2) is 29.3 Å².